The fraction of sp³-hybridized carbons (Fsp3) is 0.978. The van der Waals surface area contributed by atoms with Gasteiger partial charge in [-0.25, -0.2) is 0 Å². The molecule has 0 spiro atoms. The van der Waals surface area contributed by atoms with Gasteiger partial charge in [-0.3, -0.25) is 19.4 Å². The number of nitrogens with zero attached hydrogens (tertiary/aromatic N) is 2. The zero-order chi connectivity index (χ0) is 66.3. The second-order valence-corrected chi connectivity index (χ2v) is 38.8. The molecule has 0 saturated heterocycles. The third-order valence-electron chi connectivity index (χ3n) is 33.2. The Morgan fingerprint density at radius 3 is 0.844 bits per heavy atom. The van der Waals surface area contributed by atoms with Crippen molar-refractivity contribution in [3.63, 3.8) is 0 Å². The van der Waals surface area contributed by atoms with Gasteiger partial charge in [0, 0.05) is 59.9 Å². The molecule has 12 fully saturated rings. The Balaban J connectivity index is 0.851. The molecule has 0 aromatic heterocycles. The topological polar surface area (TPSA) is 40.6 Å². The molecule has 550 valence electrons. The van der Waals surface area contributed by atoms with Gasteiger partial charge in [0.1, 0.15) is 11.6 Å². The number of carbonyl (C=O) groups is 2. The summed E-state index contributed by atoms with van der Waals surface area (Å²) in [5.74, 6) is 17.1. The lowest BCUT2D eigenvalue weighted by molar-refractivity contribution is -0.190. The normalized spacial score (nSPS) is 42.4. The van der Waals surface area contributed by atoms with Crippen molar-refractivity contribution in [2.24, 2.45) is 118 Å². The van der Waals surface area contributed by atoms with E-state index in [-0.39, 0.29) is 0 Å². The summed E-state index contributed by atoms with van der Waals surface area (Å²) in [7, 11) is 0. The van der Waals surface area contributed by atoms with Gasteiger partial charge in [-0.2, -0.15) is 0 Å². The number of unbranched alkanes of at least 4 members (excludes halogenated alkanes) is 12. The first-order chi connectivity index (χ1) is 47.1. The molecule has 4 nitrogen and oxygen atoms in total. The van der Waals surface area contributed by atoms with Crippen LogP contribution in [0.15, 0.2) is 0 Å². The Bertz CT molecular complexity index is 2040. The highest BCUT2D eigenvalue weighted by molar-refractivity contribution is 5.84. The molecule has 0 N–H and O–H groups in total. The van der Waals surface area contributed by atoms with Gasteiger partial charge in [0.05, 0.1) is 0 Å². The fourth-order valence-corrected chi connectivity index (χ4v) is 27.7. The van der Waals surface area contributed by atoms with Gasteiger partial charge in [0.15, 0.2) is 0 Å². The van der Waals surface area contributed by atoms with Crippen LogP contribution in [-0.2, 0) is 9.59 Å². The largest absolute Gasteiger partial charge is 0.299 e. The molecular weight excluding hydrogens is 1170 g/mol. The van der Waals surface area contributed by atoms with Crippen molar-refractivity contribution in [2.75, 3.05) is 0 Å². The van der Waals surface area contributed by atoms with Crippen LogP contribution in [0.5, 0.6) is 0 Å². The molecule has 12 saturated carbocycles. The smallest absolute Gasteiger partial charge is 0.139 e. The van der Waals surface area contributed by atoms with Crippen molar-refractivity contribution in [3.05, 3.63) is 0 Å². The molecule has 12 aliphatic carbocycles. The molecule has 12 aliphatic rings. The molecule has 0 aromatic carbocycles. The van der Waals surface area contributed by atoms with Crippen LogP contribution in [-0.4, -0.2) is 57.6 Å². The van der Waals surface area contributed by atoms with Gasteiger partial charge in [-0.1, -0.05) is 170 Å². The first-order valence-corrected chi connectivity index (χ1v) is 45.7. The third-order valence-corrected chi connectivity index (χ3v) is 33.2. The maximum absolute atomic E-state index is 14.8. The lowest BCUT2D eigenvalue weighted by atomic mass is 9.41. The average molecular weight is 1330 g/mol. The minimum atomic E-state index is 0.350. The van der Waals surface area contributed by atoms with Crippen molar-refractivity contribution in [3.8, 4) is 0 Å². The van der Waals surface area contributed by atoms with Crippen LogP contribution in [0.2, 0.25) is 0 Å². The fourth-order valence-electron chi connectivity index (χ4n) is 27.7. The van der Waals surface area contributed by atoms with Crippen LogP contribution in [0.3, 0.4) is 0 Å². The van der Waals surface area contributed by atoms with Gasteiger partial charge in [0.2, 0.25) is 0 Å². The lowest BCUT2D eigenvalue weighted by Crippen LogP contribution is -2.67. The number of ketones is 2. The zero-order valence-electron chi connectivity index (χ0n) is 64.7. The number of hydrogen-bond donors (Lipinski definition) is 0. The van der Waals surface area contributed by atoms with Crippen molar-refractivity contribution < 1.29 is 9.59 Å². The summed E-state index contributed by atoms with van der Waals surface area (Å²) in [5.41, 5.74) is 0. The van der Waals surface area contributed by atoms with E-state index in [0.29, 0.717) is 23.7 Å². The van der Waals surface area contributed by atoms with E-state index in [1.54, 1.807) is 0 Å². The molecule has 0 aromatic rings. The lowest BCUT2D eigenvalue weighted by Gasteiger charge is -2.68. The van der Waals surface area contributed by atoms with E-state index < -0.39 is 0 Å². The number of hydrogen-bond acceptors (Lipinski definition) is 4. The van der Waals surface area contributed by atoms with Crippen LogP contribution in [0.4, 0.5) is 0 Å². The molecule has 4 heteroatoms. The van der Waals surface area contributed by atoms with Crippen molar-refractivity contribution in [1.29, 1.82) is 0 Å². The molecule has 12 rings (SSSR count). The van der Waals surface area contributed by atoms with Gasteiger partial charge >= 0.3 is 0 Å². The highest BCUT2D eigenvalue weighted by Crippen LogP contribution is 2.67. The predicted molar refractivity (Wildman–Crippen MR) is 408 cm³/mol. The highest BCUT2D eigenvalue weighted by atomic mass is 16.1. The van der Waals surface area contributed by atoms with E-state index in [9.17, 15) is 9.59 Å². The second kappa shape index (κ2) is 37.8. The maximum Gasteiger partial charge on any atom is 0.139 e. The third kappa shape index (κ3) is 18.8. The number of rotatable bonds is 32. The van der Waals surface area contributed by atoms with E-state index in [1.807, 2.05) is 0 Å². The highest BCUT2D eigenvalue weighted by Gasteiger charge is 2.64. The molecular formula is C92H160N2O2. The molecule has 0 bridgehead atoms. The van der Waals surface area contributed by atoms with Crippen molar-refractivity contribution in [2.45, 2.75) is 450 Å². The second-order valence-electron chi connectivity index (χ2n) is 38.8. The summed E-state index contributed by atoms with van der Waals surface area (Å²) in [5, 5.41) is 0. The van der Waals surface area contributed by atoms with Crippen LogP contribution in [0, 0.1) is 118 Å². The standard InChI is InChI=1S/C92H160N2O2/c1-7-11-15-17-19-21-25-69-35-55-79(56-36-69)93(77-51-27-65(5)28-52-77)87-63-85(71-43-47-75(48-44-71)91(95)73-39-31-67(32-40-73)23-13-9-3)81-60-62-84-88(94(78-53-29-66(6)30-54-78)80-57-37-70(38-58-80)26-22-20-18-16-12-8-2)64-86(82-59-61-83(87)89(81)90(82)84)72-45-49-76(50-46-72)92(96)74-41-33-68(34-42-74)24-14-10-4/h65-90H,7-64H2,1-6H3. The van der Waals surface area contributed by atoms with E-state index in [0.717, 1.165) is 143 Å². The monoisotopic (exact) mass is 1330 g/mol. The number of carbonyl (C=O) groups excluding carboxylic acids is 2. The SMILES string of the molecule is CCCCCCCCC1CCC(N(C2CCC(C)CC2)C2CC(C3CCC(C(=O)C4CCC(CCCC)CC4)CC3)C3CCC4C5C(CCC2C35)C(C2CCC(C(=O)C3CCC(CCCC)CC3)CC2)CC4N(C2CCC(C)CC2)C2CCC(CCCCCCCC)CC2)CC1. The van der Waals surface area contributed by atoms with Crippen LogP contribution in [0.25, 0.3) is 0 Å². The van der Waals surface area contributed by atoms with E-state index in [4.69, 9.17) is 0 Å². The Morgan fingerprint density at radius 2 is 0.521 bits per heavy atom. The van der Waals surface area contributed by atoms with Crippen LogP contribution < -0.4 is 0 Å². The molecule has 10 unspecified atom stereocenters. The first-order valence-electron chi connectivity index (χ1n) is 45.7. The first kappa shape index (κ1) is 75.0. The van der Waals surface area contributed by atoms with Gasteiger partial charge in [-0.05, 0) is 339 Å². The summed E-state index contributed by atoms with van der Waals surface area (Å²) in [4.78, 5) is 36.7. The Kier molecular flexibility index (Phi) is 29.5. The zero-order valence-corrected chi connectivity index (χ0v) is 64.7. The quantitative estimate of drug-likeness (QED) is 0.0630. The predicted octanol–water partition coefficient (Wildman–Crippen LogP) is 26.2. The minimum Gasteiger partial charge on any atom is -0.299 e. The Morgan fingerprint density at radius 1 is 0.260 bits per heavy atom. The van der Waals surface area contributed by atoms with Crippen molar-refractivity contribution >= 4 is 11.6 Å². The molecule has 0 aliphatic heterocycles. The Labute approximate surface area is 596 Å². The summed E-state index contributed by atoms with van der Waals surface area (Å²) in [6.07, 6.45) is 81.7. The minimum absolute atomic E-state index is 0.350. The van der Waals surface area contributed by atoms with Crippen LogP contribution in [0.1, 0.15) is 414 Å². The maximum atomic E-state index is 14.8. The average Bonchev–Trinajstić information content (AvgIpc) is 0.705. The summed E-state index contributed by atoms with van der Waals surface area (Å²) in [6.45, 7) is 14.7. The summed E-state index contributed by atoms with van der Waals surface area (Å²) >= 11 is 0. The molecule has 0 heterocycles. The Hall–Kier alpha value is -0.740. The summed E-state index contributed by atoms with van der Waals surface area (Å²) < 4.78 is 0. The van der Waals surface area contributed by atoms with Gasteiger partial charge in [-0.15, -0.1) is 0 Å². The molecule has 96 heavy (non-hydrogen) atoms. The van der Waals surface area contributed by atoms with E-state index >= 15 is 0 Å². The molecule has 0 radical (unpaired) electrons. The van der Waals surface area contributed by atoms with Crippen molar-refractivity contribution in [1.82, 2.24) is 9.80 Å². The summed E-state index contributed by atoms with van der Waals surface area (Å²) in [6, 6.07) is 4.75. The van der Waals surface area contributed by atoms with E-state index in [2.05, 4.69) is 51.3 Å². The van der Waals surface area contributed by atoms with Crippen LogP contribution >= 0.6 is 0 Å². The van der Waals surface area contributed by atoms with Gasteiger partial charge < -0.3 is 0 Å². The number of Topliss-reactive ketones (excluding diaryl/α,β-unsaturated/α-hetero) is 2. The molecule has 0 amide bonds. The molecule has 10 atom stereocenters. The van der Waals surface area contributed by atoms with E-state index in [1.165, 1.54) is 372 Å². The van der Waals surface area contributed by atoms with Gasteiger partial charge in [0.25, 0.3) is 0 Å².